The lowest BCUT2D eigenvalue weighted by Gasteiger charge is -2.20. The second-order valence-electron chi connectivity index (χ2n) is 5.78. The molecule has 0 bridgehead atoms. The SMILES string of the molecule is CNC(C)CCCCN1CN(C)c2c1n(C)c(=O)[nH]c2=O. The molecule has 0 radical (unpaired) electrons. The first-order valence-electron chi connectivity index (χ1n) is 7.42. The summed E-state index contributed by atoms with van der Waals surface area (Å²) >= 11 is 0. The zero-order valence-corrected chi connectivity index (χ0v) is 13.3. The van der Waals surface area contributed by atoms with Crippen LogP contribution in [0.4, 0.5) is 11.5 Å². The second-order valence-corrected chi connectivity index (χ2v) is 5.78. The van der Waals surface area contributed by atoms with Crippen LogP contribution in [-0.4, -0.2) is 42.9 Å². The lowest BCUT2D eigenvalue weighted by molar-refractivity contribution is 0.526. The van der Waals surface area contributed by atoms with Crippen molar-refractivity contribution in [2.45, 2.75) is 32.2 Å². The van der Waals surface area contributed by atoms with Gasteiger partial charge in [-0.05, 0) is 26.8 Å². The lowest BCUT2D eigenvalue weighted by Crippen LogP contribution is -2.32. The number of anilines is 2. The van der Waals surface area contributed by atoms with E-state index in [-0.39, 0.29) is 11.2 Å². The highest BCUT2D eigenvalue weighted by molar-refractivity contribution is 5.71. The Morgan fingerprint density at radius 1 is 1.29 bits per heavy atom. The van der Waals surface area contributed by atoms with E-state index in [2.05, 4.69) is 22.1 Å². The monoisotopic (exact) mass is 295 g/mol. The number of nitrogens with zero attached hydrogens (tertiary/aromatic N) is 3. The van der Waals surface area contributed by atoms with Crippen molar-refractivity contribution in [1.29, 1.82) is 0 Å². The van der Waals surface area contributed by atoms with E-state index in [9.17, 15) is 9.59 Å². The topological polar surface area (TPSA) is 73.4 Å². The molecule has 118 valence electrons. The van der Waals surface area contributed by atoms with E-state index in [4.69, 9.17) is 0 Å². The van der Waals surface area contributed by atoms with Gasteiger partial charge in [0.25, 0.3) is 5.56 Å². The molecule has 1 atom stereocenters. The highest BCUT2D eigenvalue weighted by Crippen LogP contribution is 2.29. The van der Waals surface area contributed by atoms with Crippen LogP contribution in [0.25, 0.3) is 0 Å². The second kappa shape index (κ2) is 6.34. The zero-order valence-electron chi connectivity index (χ0n) is 13.3. The number of hydrogen-bond donors (Lipinski definition) is 2. The van der Waals surface area contributed by atoms with Gasteiger partial charge in [0.05, 0.1) is 6.67 Å². The molecule has 2 rings (SSSR count). The molecular weight excluding hydrogens is 270 g/mol. The summed E-state index contributed by atoms with van der Waals surface area (Å²) in [4.78, 5) is 30.1. The smallest absolute Gasteiger partial charge is 0.329 e. The molecule has 0 saturated carbocycles. The minimum absolute atomic E-state index is 0.304. The number of aromatic amines is 1. The van der Waals surface area contributed by atoms with Crippen LogP contribution in [0.3, 0.4) is 0 Å². The third-order valence-corrected chi connectivity index (χ3v) is 4.14. The van der Waals surface area contributed by atoms with Gasteiger partial charge in [-0.15, -0.1) is 0 Å². The van der Waals surface area contributed by atoms with Crippen LogP contribution in [0, 0.1) is 0 Å². The van der Waals surface area contributed by atoms with Crippen LogP contribution < -0.4 is 26.4 Å². The summed E-state index contributed by atoms with van der Waals surface area (Å²) in [6.45, 7) is 3.67. The average Bonchev–Trinajstić information content (AvgIpc) is 2.78. The van der Waals surface area contributed by atoms with Gasteiger partial charge in [-0.3, -0.25) is 14.3 Å². The number of unbranched alkanes of at least 4 members (excludes halogenated alkanes) is 1. The highest BCUT2D eigenvalue weighted by Gasteiger charge is 2.28. The van der Waals surface area contributed by atoms with Gasteiger partial charge in [0.1, 0.15) is 11.5 Å². The van der Waals surface area contributed by atoms with Crippen LogP contribution in [-0.2, 0) is 7.05 Å². The van der Waals surface area contributed by atoms with Gasteiger partial charge in [-0.1, -0.05) is 6.42 Å². The zero-order chi connectivity index (χ0) is 15.6. The summed E-state index contributed by atoms with van der Waals surface area (Å²) in [6, 6.07) is 0.519. The summed E-state index contributed by atoms with van der Waals surface area (Å²) in [7, 11) is 5.55. The Kier molecular flexibility index (Phi) is 4.72. The van der Waals surface area contributed by atoms with E-state index >= 15 is 0 Å². The van der Waals surface area contributed by atoms with Gasteiger partial charge in [-0.2, -0.15) is 0 Å². The largest absolute Gasteiger partial charge is 0.349 e. The quantitative estimate of drug-likeness (QED) is 0.726. The van der Waals surface area contributed by atoms with Crippen molar-refractivity contribution in [3.05, 3.63) is 20.8 Å². The first kappa shape index (κ1) is 15.6. The third kappa shape index (κ3) is 3.12. The molecule has 2 N–H and O–H groups in total. The molecule has 0 fully saturated rings. The number of rotatable bonds is 6. The Morgan fingerprint density at radius 2 is 2.00 bits per heavy atom. The van der Waals surface area contributed by atoms with Crippen molar-refractivity contribution in [2.75, 3.05) is 37.1 Å². The Balaban J connectivity index is 2.09. The van der Waals surface area contributed by atoms with Crippen molar-refractivity contribution in [1.82, 2.24) is 14.9 Å². The maximum atomic E-state index is 12.0. The normalized spacial score (nSPS) is 15.4. The number of fused-ring (bicyclic) bond motifs is 1. The fraction of sp³-hybridized carbons (Fsp3) is 0.714. The third-order valence-electron chi connectivity index (χ3n) is 4.14. The van der Waals surface area contributed by atoms with Gasteiger partial charge < -0.3 is 15.1 Å². The molecule has 0 spiro atoms. The van der Waals surface area contributed by atoms with Gasteiger partial charge in [-0.25, -0.2) is 4.79 Å². The van der Waals surface area contributed by atoms with E-state index in [1.165, 1.54) is 4.57 Å². The molecule has 1 aromatic heterocycles. The van der Waals surface area contributed by atoms with Crippen molar-refractivity contribution >= 4 is 11.5 Å². The molecule has 0 saturated heterocycles. The Morgan fingerprint density at radius 3 is 2.67 bits per heavy atom. The first-order valence-corrected chi connectivity index (χ1v) is 7.42. The minimum atomic E-state index is -0.358. The molecule has 1 unspecified atom stereocenters. The van der Waals surface area contributed by atoms with Gasteiger partial charge in [0, 0.05) is 26.7 Å². The molecule has 0 aliphatic carbocycles. The maximum absolute atomic E-state index is 12.0. The Hall–Kier alpha value is -1.76. The minimum Gasteiger partial charge on any atom is -0.349 e. The van der Waals surface area contributed by atoms with Gasteiger partial charge in [0.15, 0.2) is 0 Å². The van der Waals surface area contributed by atoms with Crippen molar-refractivity contribution in [3.8, 4) is 0 Å². The predicted molar refractivity (Wildman–Crippen MR) is 85.3 cm³/mol. The van der Waals surface area contributed by atoms with Crippen LogP contribution in [0.5, 0.6) is 0 Å². The van der Waals surface area contributed by atoms with Gasteiger partial charge in [0.2, 0.25) is 0 Å². The standard InChI is InChI=1S/C14H25N5O2/c1-10(15-2)7-5-6-8-19-9-17(3)11-12(20)16-14(21)18(4)13(11)19/h10,15H,5-9H2,1-4H3,(H,16,20,21). The average molecular weight is 295 g/mol. The van der Waals surface area contributed by atoms with Crippen LogP contribution in [0.2, 0.25) is 0 Å². The summed E-state index contributed by atoms with van der Waals surface area (Å²) in [5, 5.41) is 3.23. The van der Waals surface area contributed by atoms with E-state index in [0.717, 1.165) is 31.6 Å². The summed E-state index contributed by atoms with van der Waals surface area (Å²) in [5.74, 6) is 0.730. The molecule has 7 nitrogen and oxygen atoms in total. The van der Waals surface area contributed by atoms with Crippen molar-refractivity contribution < 1.29 is 0 Å². The fourth-order valence-electron chi connectivity index (χ4n) is 2.77. The number of H-pyrrole nitrogens is 1. The molecule has 1 aliphatic heterocycles. The summed E-state index contributed by atoms with van der Waals surface area (Å²) in [6.07, 6.45) is 3.29. The molecule has 0 amide bonds. The van der Waals surface area contributed by atoms with Crippen molar-refractivity contribution in [2.24, 2.45) is 7.05 Å². The Labute approximate surface area is 124 Å². The predicted octanol–water partition coefficient (Wildman–Crippen LogP) is 0.0655. The molecule has 0 aromatic carbocycles. The molecule has 7 heteroatoms. The number of nitrogens with one attached hydrogen (secondary N) is 2. The number of aromatic nitrogens is 2. The lowest BCUT2D eigenvalue weighted by atomic mass is 10.1. The van der Waals surface area contributed by atoms with Crippen LogP contribution in [0.15, 0.2) is 9.59 Å². The number of hydrogen-bond acceptors (Lipinski definition) is 5. The Bertz CT molecular complexity index is 606. The molecule has 2 heterocycles. The first-order chi connectivity index (χ1) is 9.95. The van der Waals surface area contributed by atoms with E-state index in [1.807, 2.05) is 19.0 Å². The molecule has 1 aromatic rings. The van der Waals surface area contributed by atoms with Gasteiger partial charge >= 0.3 is 5.69 Å². The highest BCUT2D eigenvalue weighted by atomic mass is 16.2. The van der Waals surface area contributed by atoms with Crippen LogP contribution >= 0.6 is 0 Å². The van der Waals surface area contributed by atoms with E-state index in [1.54, 1.807) is 7.05 Å². The van der Waals surface area contributed by atoms with Crippen molar-refractivity contribution in [3.63, 3.8) is 0 Å². The molecular formula is C14H25N5O2. The van der Waals surface area contributed by atoms with E-state index < -0.39 is 0 Å². The summed E-state index contributed by atoms with van der Waals surface area (Å²) in [5.41, 5.74) is -0.0783. The molecule has 21 heavy (non-hydrogen) atoms. The maximum Gasteiger partial charge on any atom is 0.329 e. The fourth-order valence-corrected chi connectivity index (χ4v) is 2.77. The summed E-state index contributed by atoms with van der Waals surface area (Å²) < 4.78 is 1.52. The van der Waals surface area contributed by atoms with Crippen LogP contribution in [0.1, 0.15) is 26.2 Å². The molecule has 1 aliphatic rings. The van der Waals surface area contributed by atoms with E-state index in [0.29, 0.717) is 18.4 Å².